The van der Waals surface area contributed by atoms with E-state index in [1.807, 2.05) is 13.8 Å². The van der Waals surface area contributed by atoms with E-state index in [4.69, 9.17) is 4.74 Å². The summed E-state index contributed by atoms with van der Waals surface area (Å²) in [5, 5.41) is 0. The van der Waals surface area contributed by atoms with Crippen molar-refractivity contribution in [2.45, 2.75) is 71.0 Å². The highest BCUT2D eigenvalue weighted by molar-refractivity contribution is 5.81. The lowest BCUT2D eigenvalue weighted by atomic mass is 9.73. The molecular formula is C15H24O2. The predicted molar refractivity (Wildman–Crippen MR) is 68.9 cm³/mol. The molecule has 17 heavy (non-hydrogen) atoms. The highest BCUT2D eigenvalue weighted by Crippen LogP contribution is 2.43. The second-order valence-electron chi connectivity index (χ2n) is 6.59. The largest absolute Gasteiger partial charge is 0.368 e. The van der Waals surface area contributed by atoms with Gasteiger partial charge in [0.1, 0.15) is 5.78 Å². The molecule has 1 saturated heterocycles. The summed E-state index contributed by atoms with van der Waals surface area (Å²) in [6.07, 6.45) is 6.83. The van der Waals surface area contributed by atoms with Crippen LogP contribution in [0.25, 0.3) is 0 Å². The summed E-state index contributed by atoms with van der Waals surface area (Å²) in [4.78, 5) is 11.9. The first-order valence-corrected chi connectivity index (χ1v) is 6.68. The smallest absolute Gasteiger partial charge is 0.138 e. The van der Waals surface area contributed by atoms with Crippen molar-refractivity contribution < 1.29 is 9.53 Å². The van der Waals surface area contributed by atoms with Crippen LogP contribution in [0.5, 0.6) is 0 Å². The lowest BCUT2D eigenvalue weighted by Crippen LogP contribution is -2.51. The molecule has 0 aromatic carbocycles. The van der Waals surface area contributed by atoms with Gasteiger partial charge in [-0.1, -0.05) is 11.6 Å². The second kappa shape index (κ2) is 4.24. The minimum Gasteiger partial charge on any atom is -0.368 e. The Morgan fingerprint density at radius 1 is 1.29 bits per heavy atom. The third-order valence-electron chi connectivity index (χ3n) is 4.18. The Bertz CT molecular complexity index is 354. The molecule has 2 heteroatoms. The Labute approximate surface area is 104 Å². The summed E-state index contributed by atoms with van der Waals surface area (Å²) in [5.41, 5.74) is 0.933. The van der Waals surface area contributed by atoms with Gasteiger partial charge in [0.15, 0.2) is 0 Å². The van der Waals surface area contributed by atoms with E-state index in [0.717, 1.165) is 19.3 Å². The second-order valence-corrected chi connectivity index (χ2v) is 6.59. The highest BCUT2D eigenvalue weighted by atomic mass is 16.5. The van der Waals surface area contributed by atoms with Gasteiger partial charge in [-0.25, -0.2) is 0 Å². The van der Waals surface area contributed by atoms with E-state index >= 15 is 0 Å². The maximum absolute atomic E-state index is 11.9. The molecule has 2 nitrogen and oxygen atoms in total. The zero-order valence-corrected chi connectivity index (χ0v) is 11.5. The van der Waals surface area contributed by atoms with E-state index in [9.17, 15) is 4.79 Å². The van der Waals surface area contributed by atoms with Gasteiger partial charge in [0.2, 0.25) is 0 Å². The molecule has 0 radical (unpaired) electrons. The standard InChI is InChI=1S/C15H24O2/c1-11-5-7-12(8-6-11)15(4)10-13(16)9-14(2,3)17-15/h5,12H,6-10H2,1-4H3/t12-,15+/m1/s1. The molecule has 0 spiro atoms. The molecule has 1 heterocycles. The van der Waals surface area contributed by atoms with Gasteiger partial charge in [0.25, 0.3) is 0 Å². The summed E-state index contributed by atoms with van der Waals surface area (Å²) < 4.78 is 6.26. The first kappa shape index (κ1) is 12.8. The molecule has 1 fully saturated rings. The number of hydrogen-bond acceptors (Lipinski definition) is 2. The van der Waals surface area contributed by atoms with Gasteiger partial charge in [0.05, 0.1) is 11.2 Å². The molecule has 2 atom stereocenters. The number of carbonyl (C=O) groups excluding carboxylic acids is 1. The average molecular weight is 236 g/mol. The molecule has 96 valence electrons. The molecule has 1 aliphatic heterocycles. The van der Waals surface area contributed by atoms with Crippen molar-refractivity contribution in [2.75, 3.05) is 0 Å². The fraction of sp³-hybridized carbons (Fsp3) is 0.800. The number of ether oxygens (including phenoxy) is 1. The van der Waals surface area contributed by atoms with Gasteiger partial charge in [-0.2, -0.15) is 0 Å². The fourth-order valence-electron chi connectivity index (χ4n) is 3.38. The minimum absolute atomic E-state index is 0.254. The Balaban J connectivity index is 2.15. The Hall–Kier alpha value is -0.630. The SMILES string of the molecule is CC1=CC[C@@H]([C@]2(C)CC(=O)CC(C)(C)O2)CC1. The average Bonchev–Trinajstić information content (AvgIpc) is 2.14. The number of allylic oxidation sites excluding steroid dienone is 2. The molecule has 0 N–H and O–H groups in total. The third kappa shape index (κ3) is 2.79. The van der Waals surface area contributed by atoms with Gasteiger partial charge in [0, 0.05) is 12.8 Å². The van der Waals surface area contributed by atoms with Crippen LogP contribution in [0, 0.1) is 5.92 Å². The first-order chi connectivity index (χ1) is 7.81. The van der Waals surface area contributed by atoms with E-state index in [0.29, 0.717) is 24.5 Å². The lowest BCUT2D eigenvalue weighted by Gasteiger charge is -2.47. The third-order valence-corrected chi connectivity index (χ3v) is 4.18. The van der Waals surface area contributed by atoms with Crippen molar-refractivity contribution in [3.05, 3.63) is 11.6 Å². The summed E-state index contributed by atoms with van der Waals surface area (Å²) >= 11 is 0. The maximum atomic E-state index is 11.9. The van der Waals surface area contributed by atoms with E-state index in [-0.39, 0.29) is 11.2 Å². The van der Waals surface area contributed by atoms with Crippen LogP contribution in [0.2, 0.25) is 0 Å². The van der Waals surface area contributed by atoms with Crippen molar-refractivity contribution in [1.29, 1.82) is 0 Å². The van der Waals surface area contributed by atoms with Crippen molar-refractivity contribution in [3.63, 3.8) is 0 Å². The van der Waals surface area contributed by atoms with Gasteiger partial charge in [-0.3, -0.25) is 4.79 Å². The van der Waals surface area contributed by atoms with Crippen LogP contribution in [-0.2, 0) is 9.53 Å². The van der Waals surface area contributed by atoms with Gasteiger partial charge in [-0.05, 0) is 52.9 Å². The van der Waals surface area contributed by atoms with Crippen molar-refractivity contribution >= 4 is 5.78 Å². The van der Waals surface area contributed by atoms with E-state index in [1.165, 1.54) is 5.57 Å². The summed E-state index contributed by atoms with van der Waals surface area (Å²) in [6.45, 7) is 8.39. The molecular weight excluding hydrogens is 212 g/mol. The van der Waals surface area contributed by atoms with Gasteiger partial charge >= 0.3 is 0 Å². The topological polar surface area (TPSA) is 26.3 Å². The normalized spacial score (nSPS) is 37.8. The molecule has 0 saturated carbocycles. The van der Waals surface area contributed by atoms with Crippen LogP contribution in [-0.4, -0.2) is 17.0 Å². The lowest BCUT2D eigenvalue weighted by molar-refractivity contribution is -0.192. The van der Waals surface area contributed by atoms with Crippen LogP contribution in [0.1, 0.15) is 59.8 Å². The van der Waals surface area contributed by atoms with Crippen LogP contribution in [0.4, 0.5) is 0 Å². The highest BCUT2D eigenvalue weighted by Gasteiger charge is 2.46. The summed E-state index contributed by atoms with van der Waals surface area (Å²) in [6, 6.07) is 0. The van der Waals surface area contributed by atoms with E-state index in [1.54, 1.807) is 0 Å². The van der Waals surface area contributed by atoms with Crippen molar-refractivity contribution in [3.8, 4) is 0 Å². The molecule has 2 rings (SSSR count). The Kier molecular flexibility index (Phi) is 3.19. The summed E-state index contributed by atoms with van der Waals surface area (Å²) in [7, 11) is 0. The molecule has 2 aliphatic rings. The van der Waals surface area contributed by atoms with Crippen LogP contribution >= 0.6 is 0 Å². The first-order valence-electron chi connectivity index (χ1n) is 6.68. The fourth-order valence-corrected chi connectivity index (χ4v) is 3.38. The number of ketones is 1. The number of Topliss-reactive ketones (excluding diaryl/α,β-unsaturated/α-hetero) is 1. The Morgan fingerprint density at radius 2 is 2.00 bits per heavy atom. The summed E-state index contributed by atoms with van der Waals surface area (Å²) in [5.74, 6) is 0.852. The number of rotatable bonds is 1. The monoisotopic (exact) mass is 236 g/mol. The molecule has 0 aromatic heterocycles. The minimum atomic E-state index is -0.291. The zero-order valence-electron chi connectivity index (χ0n) is 11.5. The Morgan fingerprint density at radius 3 is 2.53 bits per heavy atom. The predicted octanol–water partition coefficient (Wildman–Crippen LogP) is 3.65. The molecule has 0 unspecified atom stereocenters. The van der Waals surface area contributed by atoms with Crippen LogP contribution < -0.4 is 0 Å². The maximum Gasteiger partial charge on any atom is 0.138 e. The quantitative estimate of drug-likeness (QED) is 0.650. The molecule has 1 aliphatic carbocycles. The van der Waals surface area contributed by atoms with Crippen molar-refractivity contribution in [1.82, 2.24) is 0 Å². The van der Waals surface area contributed by atoms with E-state index < -0.39 is 0 Å². The van der Waals surface area contributed by atoms with E-state index in [2.05, 4.69) is 19.9 Å². The molecule has 0 bridgehead atoms. The van der Waals surface area contributed by atoms with Gasteiger partial charge in [-0.15, -0.1) is 0 Å². The van der Waals surface area contributed by atoms with Crippen LogP contribution in [0.3, 0.4) is 0 Å². The molecule has 0 amide bonds. The van der Waals surface area contributed by atoms with Crippen molar-refractivity contribution in [2.24, 2.45) is 5.92 Å². The number of hydrogen-bond donors (Lipinski definition) is 0. The van der Waals surface area contributed by atoms with Gasteiger partial charge < -0.3 is 4.74 Å². The number of carbonyl (C=O) groups is 1. The van der Waals surface area contributed by atoms with Crippen LogP contribution in [0.15, 0.2) is 11.6 Å². The molecule has 0 aromatic rings. The zero-order chi connectivity index (χ0) is 12.7.